The van der Waals surface area contributed by atoms with Gasteiger partial charge in [0.2, 0.25) is 0 Å². The predicted octanol–water partition coefficient (Wildman–Crippen LogP) is 3.86. The second-order valence-electron chi connectivity index (χ2n) is 4.19. The standard InChI is InChI=1S/C15H10F3NO2/c16-15(17,18)12-4-6-13(7-5-12)21-14-10(8-19)2-1-3-11(14)9-20/h1-7,20H,9H2. The summed E-state index contributed by atoms with van der Waals surface area (Å²) in [4.78, 5) is 0. The zero-order chi connectivity index (χ0) is 15.5. The summed E-state index contributed by atoms with van der Waals surface area (Å²) in [6.45, 7) is -0.342. The molecule has 2 aromatic carbocycles. The Balaban J connectivity index is 2.33. The molecule has 108 valence electrons. The average Bonchev–Trinajstić information content (AvgIpc) is 2.47. The Morgan fingerprint density at radius 2 is 1.76 bits per heavy atom. The molecule has 2 rings (SSSR count). The van der Waals surface area contributed by atoms with Gasteiger partial charge in [0.25, 0.3) is 0 Å². The van der Waals surface area contributed by atoms with E-state index >= 15 is 0 Å². The number of hydrogen-bond donors (Lipinski definition) is 1. The van der Waals surface area contributed by atoms with Crippen molar-refractivity contribution in [3.8, 4) is 17.6 Å². The molecule has 0 saturated heterocycles. The maximum absolute atomic E-state index is 12.5. The molecule has 0 aliphatic heterocycles. The van der Waals surface area contributed by atoms with Gasteiger partial charge >= 0.3 is 6.18 Å². The molecule has 0 bridgehead atoms. The Labute approximate surface area is 118 Å². The van der Waals surface area contributed by atoms with Gasteiger partial charge in [-0.25, -0.2) is 0 Å². The molecule has 0 spiro atoms. The Morgan fingerprint density at radius 3 is 2.29 bits per heavy atom. The number of benzene rings is 2. The lowest BCUT2D eigenvalue weighted by molar-refractivity contribution is -0.137. The first-order valence-corrected chi connectivity index (χ1v) is 5.93. The van der Waals surface area contributed by atoms with E-state index in [-0.39, 0.29) is 23.7 Å². The maximum atomic E-state index is 12.5. The minimum absolute atomic E-state index is 0.141. The molecule has 6 heteroatoms. The van der Waals surface area contributed by atoms with Crippen LogP contribution in [0.5, 0.6) is 11.5 Å². The summed E-state index contributed by atoms with van der Waals surface area (Å²) >= 11 is 0. The van der Waals surface area contributed by atoms with E-state index in [1.54, 1.807) is 12.1 Å². The minimum atomic E-state index is -4.42. The van der Waals surface area contributed by atoms with Crippen molar-refractivity contribution in [2.24, 2.45) is 0 Å². The van der Waals surface area contributed by atoms with Crippen LogP contribution in [0.25, 0.3) is 0 Å². The summed E-state index contributed by atoms with van der Waals surface area (Å²) in [5.41, 5.74) is -0.207. The van der Waals surface area contributed by atoms with E-state index < -0.39 is 11.7 Å². The van der Waals surface area contributed by atoms with Crippen LogP contribution in [-0.2, 0) is 12.8 Å². The number of nitriles is 1. The fraction of sp³-hybridized carbons (Fsp3) is 0.133. The quantitative estimate of drug-likeness (QED) is 0.934. The van der Waals surface area contributed by atoms with E-state index in [0.29, 0.717) is 5.56 Å². The number of para-hydroxylation sites is 1. The van der Waals surface area contributed by atoms with Crippen LogP contribution in [0, 0.1) is 11.3 Å². The largest absolute Gasteiger partial charge is 0.456 e. The molecule has 0 saturated carbocycles. The monoisotopic (exact) mass is 293 g/mol. The van der Waals surface area contributed by atoms with Gasteiger partial charge in [0.1, 0.15) is 11.8 Å². The third-order valence-electron chi connectivity index (χ3n) is 2.79. The van der Waals surface area contributed by atoms with E-state index in [1.165, 1.54) is 6.07 Å². The topological polar surface area (TPSA) is 53.2 Å². The van der Waals surface area contributed by atoms with Crippen LogP contribution < -0.4 is 4.74 Å². The van der Waals surface area contributed by atoms with Gasteiger partial charge in [0, 0.05) is 5.56 Å². The maximum Gasteiger partial charge on any atom is 0.416 e. The third kappa shape index (κ3) is 3.33. The molecule has 21 heavy (non-hydrogen) atoms. The zero-order valence-electron chi connectivity index (χ0n) is 10.7. The van der Waals surface area contributed by atoms with Gasteiger partial charge in [-0.05, 0) is 30.3 Å². The van der Waals surface area contributed by atoms with Crippen LogP contribution in [0.1, 0.15) is 16.7 Å². The number of aliphatic hydroxyl groups is 1. The molecular formula is C15H10F3NO2. The zero-order valence-corrected chi connectivity index (χ0v) is 10.7. The van der Waals surface area contributed by atoms with Crippen LogP contribution in [0.15, 0.2) is 42.5 Å². The second-order valence-corrected chi connectivity index (χ2v) is 4.19. The first-order chi connectivity index (χ1) is 9.95. The molecule has 2 aromatic rings. The normalized spacial score (nSPS) is 11.0. The van der Waals surface area contributed by atoms with Crippen LogP contribution >= 0.6 is 0 Å². The van der Waals surface area contributed by atoms with E-state index in [4.69, 9.17) is 10.00 Å². The van der Waals surface area contributed by atoms with Crippen molar-refractivity contribution in [2.45, 2.75) is 12.8 Å². The Morgan fingerprint density at radius 1 is 1.10 bits per heavy atom. The molecule has 3 nitrogen and oxygen atoms in total. The van der Waals surface area contributed by atoms with Crippen LogP contribution in [0.4, 0.5) is 13.2 Å². The summed E-state index contributed by atoms with van der Waals surface area (Å²) in [6, 6.07) is 10.7. The summed E-state index contributed by atoms with van der Waals surface area (Å²) in [5, 5.41) is 18.2. The summed E-state index contributed by atoms with van der Waals surface area (Å²) in [5.74, 6) is 0.294. The van der Waals surface area contributed by atoms with Gasteiger partial charge in [-0.2, -0.15) is 18.4 Å². The van der Waals surface area contributed by atoms with Crippen molar-refractivity contribution in [3.05, 3.63) is 59.2 Å². The van der Waals surface area contributed by atoms with E-state index in [2.05, 4.69) is 0 Å². The van der Waals surface area contributed by atoms with Crippen LogP contribution in [0.2, 0.25) is 0 Å². The highest BCUT2D eigenvalue weighted by atomic mass is 19.4. The lowest BCUT2D eigenvalue weighted by Gasteiger charge is -2.12. The molecule has 0 heterocycles. The molecule has 0 radical (unpaired) electrons. The number of hydrogen-bond acceptors (Lipinski definition) is 3. The van der Waals surface area contributed by atoms with Gasteiger partial charge < -0.3 is 9.84 Å². The molecular weight excluding hydrogens is 283 g/mol. The van der Waals surface area contributed by atoms with Crippen molar-refractivity contribution in [1.82, 2.24) is 0 Å². The highest BCUT2D eigenvalue weighted by Gasteiger charge is 2.30. The highest BCUT2D eigenvalue weighted by Crippen LogP contribution is 2.33. The van der Waals surface area contributed by atoms with Crippen molar-refractivity contribution in [2.75, 3.05) is 0 Å². The van der Waals surface area contributed by atoms with Crippen molar-refractivity contribution in [1.29, 1.82) is 5.26 Å². The SMILES string of the molecule is N#Cc1cccc(CO)c1Oc1ccc(C(F)(F)F)cc1. The second kappa shape index (κ2) is 5.85. The third-order valence-corrected chi connectivity index (χ3v) is 2.79. The summed E-state index contributed by atoms with van der Waals surface area (Å²) in [7, 11) is 0. The van der Waals surface area contributed by atoms with Crippen LogP contribution in [-0.4, -0.2) is 5.11 Å². The summed E-state index contributed by atoms with van der Waals surface area (Å²) in [6.07, 6.45) is -4.42. The first kappa shape index (κ1) is 14.9. The molecule has 0 fully saturated rings. The fourth-order valence-corrected chi connectivity index (χ4v) is 1.75. The number of nitrogens with zero attached hydrogens (tertiary/aromatic N) is 1. The molecule has 0 unspecified atom stereocenters. The van der Waals surface area contributed by atoms with Gasteiger partial charge in [0.15, 0.2) is 5.75 Å². The van der Waals surface area contributed by atoms with Gasteiger partial charge in [-0.1, -0.05) is 12.1 Å². The number of aliphatic hydroxyl groups excluding tert-OH is 1. The van der Waals surface area contributed by atoms with Crippen molar-refractivity contribution >= 4 is 0 Å². The highest BCUT2D eigenvalue weighted by molar-refractivity contribution is 5.50. The number of rotatable bonds is 3. The molecule has 0 atom stereocenters. The Kier molecular flexibility index (Phi) is 4.15. The molecule has 0 aromatic heterocycles. The molecule has 0 amide bonds. The van der Waals surface area contributed by atoms with Gasteiger partial charge in [-0.15, -0.1) is 0 Å². The van der Waals surface area contributed by atoms with Crippen LogP contribution in [0.3, 0.4) is 0 Å². The number of ether oxygens (including phenoxy) is 1. The van der Waals surface area contributed by atoms with Crippen molar-refractivity contribution in [3.63, 3.8) is 0 Å². The van der Waals surface area contributed by atoms with E-state index in [0.717, 1.165) is 24.3 Å². The fourth-order valence-electron chi connectivity index (χ4n) is 1.75. The Bertz CT molecular complexity index is 673. The van der Waals surface area contributed by atoms with Gasteiger partial charge in [0.05, 0.1) is 17.7 Å². The molecule has 1 N–H and O–H groups in total. The van der Waals surface area contributed by atoms with E-state index in [1.807, 2.05) is 6.07 Å². The number of halogens is 3. The summed E-state index contributed by atoms with van der Waals surface area (Å²) < 4.78 is 42.8. The van der Waals surface area contributed by atoms with E-state index in [9.17, 15) is 18.3 Å². The molecule has 0 aliphatic carbocycles. The lowest BCUT2D eigenvalue weighted by atomic mass is 10.1. The minimum Gasteiger partial charge on any atom is -0.456 e. The molecule has 0 aliphatic rings. The average molecular weight is 293 g/mol. The number of alkyl halides is 3. The predicted molar refractivity (Wildman–Crippen MR) is 68.6 cm³/mol. The van der Waals surface area contributed by atoms with Gasteiger partial charge in [-0.3, -0.25) is 0 Å². The first-order valence-electron chi connectivity index (χ1n) is 5.93. The van der Waals surface area contributed by atoms with Crippen molar-refractivity contribution < 1.29 is 23.0 Å². The Hall–Kier alpha value is -2.52. The lowest BCUT2D eigenvalue weighted by Crippen LogP contribution is -2.04. The smallest absolute Gasteiger partial charge is 0.416 e.